The quantitative estimate of drug-likeness (QED) is 0.450. The van der Waals surface area contributed by atoms with Crippen molar-refractivity contribution in [2.75, 3.05) is 0 Å². The maximum Gasteiger partial charge on any atom is 0.0603 e. The van der Waals surface area contributed by atoms with Gasteiger partial charge in [-0.3, -0.25) is 0 Å². The molecular formula is C5H8O. The normalized spacial score (nSPS) is 62.5. The van der Waals surface area contributed by atoms with Crippen LogP contribution in [0, 0.1) is 11.8 Å². The molecule has 0 saturated heterocycles. The van der Waals surface area contributed by atoms with Crippen LogP contribution >= 0.6 is 0 Å². The fourth-order valence-corrected chi connectivity index (χ4v) is 1.32. The van der Waals surface area contributed by atoms with E-state index in [0.717, 1.165) is 11.8 Å². The van der Waals surface area contributed by atoms with Gasteiger partial charge in [0.2, 0.25) is 0 Å². The summed E-state index contributed by atoms with van der Waals surface area (Å²) in [5.41, 5.74) is 0. The first-order valence-electron chi connectivity index (χ1n) is 2.57. The lowest BCUT2D eigenvalue weighted by Crippen LogP contribution is -1.93. The molecule has 0 aliphatic heterocycles. The third-order valence-electron chi connectivity index (χ3n) is 2.12. The molecule has 1 heteroatoms. The fraction of sp³-hybridized carbons (Fsp3) is 1.00. The van der Waals surface area contributed by atoms with Gasteiger partial charge < -0.3 is 5.11 Å². The van der Waals surface area contributed by atoms with E-state index in [1.54, 1.807) is 0 Å². The van der Waals surface area contributed by atoms with Crippen molar-refractivity contribution < 1.29 is 5.11 Å². The molecule has 0 amide bonds. The van der Waals surface area contributed by atoms with Crippen LogP contribution in [-0.2, 0) is 0 Å². The molecule has 6 heavy (non-hydrogen) atoms. The van der Waals surface area contributed by atoms with Gasteiger partial charge in [-0.1, -0.05) is 0 Å². The number of aliphatic hydroxyl groups is 1. The zero-order chi connectivity index (χ0) is 4.15. The van der Waals surface area contributed by atoms with E-state index in [0.29, 0.717) is 0 Å². The van der Waals surface area contributed by atoms with Gasteiger partial charge in [0.1, 0.15) is 0 Å². The van der Waals surface area contributed by atoms with Gasteiger partial charge in [0.05, 0.1) is 6.10 Å². The zero-order valence-corrected chi connectivity index (χ0v) is 3.59. The average Bonchev–Trinajstić information content (AvgIpc) is 1.63. The lowest BCUT2D eigenvalue weighted by Gasteiger charge is -2.03. The van der Waals surface area contributed by atoms with Gasteiger partial charge in [0.15, 0.2) is 0 Å². The molecular weight excluding hydrogens is 76.1 g/mol. The minimum Gasteiger partial charge on any atom is -0.393 e. The van der Waals surface area contributed by atoms with Crippen molar-refractivity contribution in [1.29, 1.82) is 0 Å². The van der Waals surface area contributed by atoms with Gasteiger partial charge in [-0.15, -0.1) is 0 Å². The van der Waals surface area contributed by atoms with Crippen LogP contribution in [0.5, 0.6) is 0 Å². The summed E-state index contributed by atoms with van der Waals surface area (Å²) in [5, 5.41) is 8.77. The Labute approximate surface area is 37.0 Å². The molecule has 2 fully saturated rings. The minimum absolute atomic E-state index is 0.130. The summed E-state index contributed by atoms with van der Waals surface area (Å²) in [7, 11) is 0. The molecule has 1 nitrogen and oxygen atoms in total. The molecule has 0 radical (unpaired) electrons. The largest absolute Gasteiger partial charge is 0.393 e. The Morgan fingerprint density at radius 3 is 1.67 bits per heavy atom. The molecule has 0 spiro atoms. The molecule has 0 aromatic rings. The summed E-state index contributed by atoms with van der Waals surface area (Å²) < 4.78 is 0. The van der Waals surface area contributed by atoms with E-state index in [1.165, 1.54) is 12.8 Å². The summed E-state index contributed by atoms with van der Waals surface area (Å²) in [6.07, 6.45) is 2.72. The SMILES string of the molecule is OC1[C@H]2CC[C@@H]12. The van der Waals surface area contributed by atoms with Crippen molar-refractivity contribution in [3.63, 3.8) is 0 Å². The van der Waals surface area contributed by atoms with Crippen molar-refractivity contribution in [2.45, 2.75) is 18.9 Å². The van der Waals surface area contributed by atoms with Crippen LogP contribution in [0.4, 0.5) is 0 Å². The van der Waals surface area contributed by atoms with E-state index in [9.17, 15) is 0 Å². The van der Waals surface area contributed by atoms with Crippen molar-refractivity contribution in [3.05, 3.63) is 0 Å². The highest BCUT2D eigenvalue weighted by Crippen LogP contribution is 2.55. The smallest absolute Gasteiger partial charge is 0.0603 e. The van der Waals surface area contributed by atoms with Crippen LogP contribution < -0.4 is 0 Å². The van der Waals surface area contributed by atoms with E-state index >= 15 is 0 Å². The number of aliphatic hydroxyl groups excluding tert-OH is 1. The maximum absolute atomic E-state index is 8.77. The Morgan fingerprint density at radius 2 is 1.67 bits per heavy atom. The van der Waals surface area contributed by atoms with E-state index < -0.39 is 0 Å². The fourth-order valence-electron chi connectivity index (χ4n) is 1.32. The van der Waals surface area contributed by atoms with Crippen LogP contribution in [-0.4, -0.2) is 11.2 Å². The van der Waals surface area contributed by atoms with Crippen LogP contribution in [0.1, 0.15) is 12.8 Å². The van der Waals surface area contributed by atoms with Crippen LogP contribution in [0.25, 0.3) is 0 Å². The molecule has 0 aromatic heterocycles. The Hall–Kier alpha value is -0.0400. The van der Waals surface area contributed by atoms with E-state index in [1.807, 2.05) is 0 Å². The third-order valence-corrected chi connectivity index (χ3v) is 2.12. The topological polar surface area (TPSA) is 20.2 Å². The summed E-state index contributed by atoms with van der Waals surface area (Å²) in [6.45, 7) is 0. The molecule has 2 aliphatic carbocycles. The number of hydrogen-bond acceptors (Lipinski definition) is 1. The van der Waals surface area contributed by atoms with Crippen molar-refractivity contribution >= 4 is 0 Å². The Balaban J connectivity index is 2.11. The first-order valence-corrected chi connectivity index (χ1v) is 2.57. The summed E-state index contributed by atoms with van der Waals surface area (Å²) >= 11 is 0. The van der Waals surface area contributed by atoms with E-state index in [-0.39, 0.29) is 6.10 Å². The first kappa shape index (κ1) is 3.03. The molecule has 0 bridgehead atoms. The van der Waals surface area contributed by atoms with Crippen molar-refractivity contribution in [3.8, 4) is 0 Å². The predicted octanol–water partition coefficient (Wildman–Crippen LogP) is 0.387. The Morgan fingerprint density at radius 1 is 1.17 bits per heavy atom. The molecule has 34 valence electrons. The summed E-state index contributed by atoms with van der Waals surface area (Å²) in [4.78, 5) is 0. The highest BCUT2D eigenvalue weighted by molar-refractivity contribution is 5.05. The molecule has 2 saturated carbocycles. The third kappa shape index (κ3) is 0.155. The predicted molar refractivity (Wildman–Crippen MR) is 22.2 cm³/mol. The second kappa shape index (κ2) is 0.648. The highest BCUT2D eigenvalue weighted by Gasteiger charge is 2.55. The zero-order valence-electron chi connectivity index (χ0n) is 3.59. The van der Waals surface area contributed by atoms with Gasteiger partial charge in [0.25, 0.3) is 0 Å². The first-order chi connectivity index (χ1) is 2.89. The van der Waals surface area contributed by atoms with Gasteiger partial charge in [-0.05, 0) is 24.7 Å². The molecule has 2 aliphatic rings. The summed E-state index contributed by atoms with van der Waals surface area (Å²) in [5.74, 6) is 1.51. The lowest BCUT2D eigenvalue weighted by molar-refractivity contribution is 0.260. The second-order valence-corrected chi connectivity index (χ2v) is 2.40. The molecule has 1 N–H and O–H groups in total. The summed E-state index contributed by atoms with van der Waals surface area (Å²) in [6, 6.07) is 0. The van der Waals surface area contributed by atoms with Crippen molar-refractivity contribution in [2.24, 2.45) is 11.8 Å². The monoisotopic (exact) mass is 84.1 g/mol. The molecule has 2 rings (SSSR count). The molecule has 0 heterocycles. The average molecular weight is 84.1 g/mol. The van der Waals surface area contributed by atoms with Gasteiger partial charge in [-0.25, -0.2) is 0 Å². The van der Waals surface area contributed by atoms with E-state index in [4.69, 9.17) is 5.11 Å². The lowest BCUT2D eigenvalue weighted by atomic mass is 10.0. The highest BCUT2D eigenvalue weighted by atomic mass is 16.3. The number of hydrogen-bond donors (Lipinski definition) is 1. The van der Waals surface area contributed by atoms with E-state index in [2.05, 4.69) is 0 Å². The Bertz CT molecular complexity index is 63.3. The second-order valence-electron chi connectivity index (χ2n) is 2.40. The van der Waals surface area contributed by atoms with Gasteiger partial charge in [0, 0.05) is 0 Å². The van der Waals surface area contributed by atoms with Gasteiger partial charge >= 0.3 is 0 Å². The Kier molecular flexibility index (Phi) is 0.327. The van der Waals surface area contributed by atoms with Crippen LogP contribution in [0.3, 0.4) is 0 Å². The van der Waals surface area contributed by atoms with Gasteiger partial charge in [-0.2, -0.15) is 0 Å². The molecule has 3 atom stereocenters. The molecule has 0 aromatic carbocycles. The number of fused-ring (bicyclic) bond motifs is 1. The minimum atomic E-state index is 0.130. The van der Waals surface area contributed by atoms with Crippen LogP contribution in [0.15, 0.2) is 0 Å². The standard InChI is InChI=1S/C5H8O/c6-5-3-1-2-4(3)5/h3-6H,1-2H2/t3-,4+,5?. The molecule has 1 unspecified atom stereocenters. The number of rotatable bonds is 0. The van der Waals surface area contributed by atoms with Crippen molar-refractivity contribution in [1.82, 2.24) is 0 Å². The maximum atomic E-state index is 8.77. The van der Waals surface area contributed by atoms with Crippen LogP contribution in [0.2, 0.25) is 0 Å².